The van der Waals surface area contributed by atoms with Gasteiger partial charge in [0.05, 0.1) is 18.6 Å². The van der Waals surface area contributed by atoms with E-state index in [0.29, 0.717) is 13.0 Å². The fourth-order valence-corrected chi connectivity index (χ4v) is 2.20. The van der Waals surface area contributed by atoms with Crippen LogP contribution in [0.1, 0.15) is 26.7 Å². The van der Waals surface area contributed by atoms with Gasteiger partial charge in [-0.25, -0.2) is 5.48 Å². The summed E-state index contributed by atoms with van der Waals surface area (Å²) in [4.78, 5) is 34.7. The Balaban J connectivity index is 2.30. The van der Waals surface area contributed by atoms with Crippen LogP contribution in [0.2, 0.25) is 0 Å². The van der Waals surface area contributed by atoms with Crippen molar-refractivity contribution in [2.24, 2.45) is 11.7 Å². The summed E-state index contributed by atoms with van der Waals surface area (Å²) < 4.78 is 0. The van der Waals surface area contributed by atoms with Crippen molar-refractivity contribution in [3.63, 3.8) is 0 Å². The van der Waals surface area contributed by atoms with E-state index >= 15 is 0 Å². The lowest BCUT2D eigenvalue weighted by Gasteiger charge is -2.18. The van der Waals surface area contributed by atoms with Crippen molar-refractivity contribution in [2.75, 3.05) is 13.1 Å². The maximum Gasteiger partial charge on any atom is 0.260 e. The van der Waals surface area contributed by atoms with E-state index in [4.69, 9.17) is 10.9 Å². The Labute approximate surface area is 129 Å². The molecule has 4 atom stereocenters. The Morgan fingerprint density at radius 2 is 2.09 bits per heavy atom. The minimum Gasteiger partial charge on any atom is -0.350 e. The minimum atomic E-state index is -0.636. The zero-order valence-electron chi connectivity index (χ0n) is 12.9. The lowest BCUT2D eigenvalue weighted by Crippen LogP contribution is -2.49. The van der Waals surface area contributed by atoms with E-state index in [-0.39, 0.29) is 30.3 Å². The summed E-state index contributed by atoms with van der Waals surface area (Å²) in [5, 5.41) is 16.6. The second-order valence-corrected chi connectivity index (χ2v) is 5.57. The third-order valence-electron chi connectivity index (χ3n) is 3.91. The third-order valence-corrected chi connectivity index (χ3v) is 3.91. The van der Waals surface area contributed by atoms with Crippen molar-refractivity contribution < 1.29 is 19.6 Å². The summed E-state index contributed by atoms with van der Waals surface area (Å²) >= 11 is 0. The van der Waals surface area contributed by atoms with Crippen molar-refractivity contribution in [1.82, 2.24) is 21.4 Å². The van der Waals surface area contributed by atoms with Gasteiger partial charge in [-0.1, -0.05) is 20.3 Å². The zero-order chi connectivity index (χ0) is 16.7. The second-order valence-electron chi connectivity index (χ2n) is 5.57. The molecule has 7 N–H and O–H groups in total. The van der Waals surface area contributed by atoms with Crippen molar-refractivity contribution in [3.8, 4) is 0 Å². The molecule has 0 saturated carbocycles. The van der Waals surface area contributed by atoms with Gasteiger partial charge in [-0.05, 0) is 12.3 Å². The lowest BCUT2D eigenvalue weighted by molar-refractivity contribution is -0.131. The van der Waals surface area contributed by atoms with Crippen LogP contribution in [0, 0.1) is 5.92 Å². The molecule has 0 aliphatic carbocycles. The average Bonchev–Trinajstić information content (AvgIpc) is 2.98. The predicted octanol–water partition coefficient (Wildman–Crippen LogP) is -2.17. The number of nitrogens with one attached hydrogen (secondary N) is 4. The van der Waals surface area contributed by atoms with Crippen molar-refractivity contribution in [2.45, 2.75) is 44.8 Å². The molecule has 1 fully saturated rings. The van der Waals surface area contributed by atoms with Crippen LogP contribution >= 0.6 is 0 Å². The fraction of sp³-hybridized carbons (Fsp3) is 0.769. The highest BCUT2D eigenvalue weighted by atomic mass is 16.5. The van der Waals surface area contributed by atoms with E-state index in [9.17, 15) is 14.4 Å². The van der Waals surface area contributed by atoms with Crippen LogP contribution in [0.5, 0.6) is 0 Å². The predicted molar refractivity (Wildman–Crippen MR) is 78.7 cm³/mol. The number of carbonyl (C=O) groups is 3. The molecule has 0 bridgehead atoms. The molecule has 1 rings (SSSR count). The Kier molecular flexibility index (Phi) is 7.22. The normalized spacial score (nSPS) is 23.5. The van der Waals surface area contributed by atoms with Crippen LogP contribution in [0.3, 0.4) is 0 Å². The molecule has 0 radical (unpaired) electrons. The van der Waals surface area contributed by atoms with Gasteiger partial charge in [0, 0.05) is 12.6 Å². The van der Waals surface area contributed by atoms with Gasteiger partial charge in [0.2, 0.25) is 11.8 Å². The molecule has 0 aromatic carbocycles. The van der Waals surface area contributed by atoms with E-state index in [1.54, 1.807) is 5.48 Å². The van der Waals surface area contributed by atoms with Crippen molar-refractivity contribution in [1.29, 1.82) is 0 Å². The Bertz CT molecular complexity index is 417. The van der Waals surface area contributed by atoms with Crippen LogP contribution in [0.4, 0.5) is 0 Å². The number of hydrogen-bond donors (Lipinski definition) is 6. The first-order valence-corrected chi connectivity index (χ1v) is 7.39. The average molecular weight is 315 g/mol. The molecule has 0 spiro atoms. The quantitative estimate of drug-likeness (QED) is 0.233. The summed E-state index contributed by atoms with van der Waals surface area (Å²) in [6.45, 7) is 4.08. The maximum absolute atomic E-state index is 11.8. The molecule has 3 amide bonds. The molecule has 1 heterocycles. The van der Waals surface area contributed by atoms with Crippen LogP contribution in [0.15, 0.2) is 0 Å². The highest BCUT2D eigenvalue weighted by Crippen LogP contribution is 2.07. The molecule has 1 saturated heterocycles. The van der Waals surface area contributed by atoms with Crippen LogP contribution in [0.25, 0.3) is 0 Å². The number of carbonyl (C=O) groups excluding carboxylic acids is 3. The van der Waals surface area contributed by atoms with Gasteiger partial charge in [0.1, 0.15) is 0 Å². The van der Waals surface area contributed by atoms with Gasteiger partial charge in [-0.3, -0.25) is 19.6 Å². The monoisotopic (exact) mass is 315 g/mol. The molecule has 126 valence electrons. The standard InChI is InChI=1S/C13H25N5O4/c1-3-7(2)11(14)13(21)16-6-10(19)17-8-4-9(15-5-8)12(20)18-22/h7-9,11,15,22H,3-6,14H2,1-2H3,(H,16,21)(H,17,19)(H,18,20)/t7-,8-,9-,11+/m0/s1. The molecular formula is C13H25N5O4. The summed E-state index contributed by atoms with van der Waals surface area (Å²) in [5.74, 6) is -1.20. The van der Waals surface area contributed by atoms with E-state index in [2.05, 4.69) is 16.0 Å². The van der Waals surface area contributed by atoms with Gasteiger partial charge >= 0.3 is 0 Å². The number of hydrogen-bond acceptors (Lipinski definition) is 6. The summed E-state index contributed by atoms with van der Waals surface area (Å²) in [7, 11) is 0. The van der Waals surface area contributed by atoms with Gasteiger partial charge in [0.15, 0.2) is 0 Å². The maximum atomic E-state index is 11.8. The van der Waals surface area contributed by atoms with E-state index < -0.39 is 18.0 Å². The summed E-state index contributed by atoms with van der Waals surface area (Å²) in [5.41, 5.74) is 7.33. The largest absolute Gasteiger partial charge is 0.350 e. The van der Waals surface area contributed by atoms with E-state index in [0.717, 1.165) is 6.42 Å². The van der Waals surface area contributed by atoms with Gasteiger partial charge < -0.3 is 21.7 Å². The first-order valence-electron chi connectivity index (χ1n) is 7.39. The SMILES string of the molecule is CC[C@H](C)[C@@H](N)C(=O)NCC(=O)N[C@@H]1CN[C@H](C(=O)NO)C1. The highest BCUT2D eigenvalue weighted by molar-refractivity contribution is 5.87. The Morgan fingerprint density at radius 1 is 1.41 bits per heavy atom. The molecule has 9 nitrogen and oxygen atoms in total. The molecule has 9 heteroatoms. The van der Waals surface area contributed by atoms with Crippen LogP contribution in [-0.2, 0) is 14.4 Å². The van der Waals surface area contributed by atoms with Gasteiger partial charge in [-0.15, -0.1) is 0 Å². The van der Waals surface area contributed by atoms with Crippen LogP contribution < -0.4 is 27.2 Å². The number of amides is 3. The van der Waals surface area contributed by atoms with E-state index in [1.165, 1.54) is 0 Å². The molecule has 22 heavy (non-hydrogen) atoms. The second kappa shape index (κ2) is 8.66. The number of hydroxylamine groups is 1. The molecule has 1 aliphatic rings. The zero-order valence-corrected chi connectivity index (χ0v) is 12.9. The molecule has 0 aromatic rings. The van der Waals surface area contributed by atoms with Crippen LogP contribution in [-0.4, -0.2) is 54.1 Å². The van der Waals surface area contributed by atoms with Gasteiger partial charge in [0.25, 0.3) is 5.91 Å². The minimum absolute atomic E-state index is 0.0415. The van der Waals surface area contributed by atoms with E-state index in [1.807, 2.05) is 13.8 Å². The third kappa shape index (κ3) is 5.24. The Morgan fingerprint density at radius 3 is 2.68 bits per heavy atom. The molecule has 0 unspecified atom stereocenters. The molecule has 1 aliphatic heterocycles. The first-order chi connectivity index (χ1) is 10.4. The Hall–Kier alpha value is -1.71. The van der Waals surface area contributed by atoms with Gasteiger partial charge in [-0.2, -0.15) is 0 Å². The highest BCUT2D eigenvalue weighted by Gasteiger charge is 2.30. The number of nitrogens with two attached hydrogens (primary N) is 1. The molecule has 0 aromatic heterocycles. The summed E-state index contributed by atoms with van der Waals surface area (Å²) in [6.07, 6.45) is 1.15. The summed E-state index contributed by atoms with van der Waals surface area (Å²) in [6, 6.07) is -1.40. The smallest absolute Gasteiger partial charge is 0.260 e. The first kappa shape index (κ1) is 18.3. The fourth-order valence-electron chi connectivity index (χ4n) is 2.20. The van der Waals surface area contributed by atoms with Crippen molar-refractivity contribution >= 4 is 17.7 Å². The van der Waals surface area contributed by atoms with Crippen molar-refractivity contribution in [3.05, 3.63) is 0 Å². The topological polar surface area (TPSA) is 146 Å². The number of rotatable bonds is 7. The molecular weight excluding hydrogens is 290 g/mol. The lowest BCUT2D eigenvalue weighted by atomic mass is 9.99.